The van der Waals surface area contributed by atoms with E-state index in [9.17, 15) is 4.79 Å². The van der Waals surface area contributed by atoms with E-state index in [0.29, 0.717) is 17.6 Å². The molecule has 28 heavy (non-hydrogen) atoms. The molecule has 0 atom stereocenters. The van der Waals surface area contributed by atoms with E-state index in [1.54, 1.807) is 29.2 Å². The molecule has 4 aromatic rings. The monoisotopic (exact) mass is 366 g/mol. The Balaban J connectivity index is 1.42. The average Bonchev–Trinajstić information content (AvgIpc) is 3.10. The molecule has 0 fully saturated rings. The third-order valence-corrected chi connectivity index (χ3v) is 5.05. The van der Waals surface area contributed by atoms with E-state index in [0.717, 1.165) is 28.9 Å². The normalized spacial score (nSPS) is 12.8. The highest BCUT2D eigenvalue weighted by molar-refractivity contribution is 5.73. The SMILES string of the molecule is C=C1Cc2cc(-c3ccc(Cn4cnc5cccnc5c4=O)cc3)ccc2N1. The maximum Gasteiger partial charge on any atom is 0.280 e. The second-order valence-corrected chi connectivity index (χ2v) is 7.02. The van der Waals surface area contributed by atoms with Crippen LogP contribution in [0.4, 0.5) is 5.69 Å². The van der Waals surface area contributed by atoms with Crippen LogP contribution in [0.3, 0.4) is 0 Å². The Labute approximate surface area is 162 Å². The van der Waals surface area contributed by atoms with Gasteiger partial charge in [0.2, 0.25) is 0 Å². The lowest BCUT2D eigenvalue weighted by atomic mass is 10.0. The van der Waals surface area contributed by atoms with Crippen LogP contribution in [0.2, 0.25) is 0 Å². The van der Waals surface area contributed by atoms with Crippen LogP contribution in [0.15, 0.2) is 84.2 Å². The second kappa shape index (κ2) is 6.46. The summed E-state index contributed by atoms with van der Waals surface area (Å²) in [5.74, 6) is 0. The van der Waals surface area contributed by atoms with Gasteiger partial charge in [0, 0.05) is 24.0 Å². The van der Waals surface area contributed by atoms with Crippen molar-refractivity contribution in [2.24, 2.45) is 0 Å². The van der Waals surface area contributed by atoms with Crippen molar-refractivity contribution in [2.75, 3.05) is 5.32 Å². The predicted molar refractivity (Wildman–Crippen MR) is 111 cm³/mol. The molecule has 1 N–H and O–H groups in total. The third kappa shape index (κ3) is 2.87. The molecule has 0 radical (unpaired) electrons. The predicted octanol–water partition coefficient (Wildman–Crippen LogP) is 3.99. The first-order valence-corrected chi connectivity index (χ1v) is 9.14. The van der Waals surface area contributed by atoms with Gasteiger partial charge in [-0.2, -0.15) is 0 Å². The second-order valence-electron chi connectivity index (χ2n) is 7.02. The minimum atomic E-state index is -0.124. The molecular weight excluding hydrogens is 348 g/mol. The number of fused-ring (bicyclic) bond motifs is 2. The van der Waals surface area contributed by atoms with E-state index >= 15 is 0 Å². The summed E-state index contributed by atoms with van der Waals surface area (Å²) in [6.45, 7) is 4.47. The van der Waals surface area contributed by atoms with Gasteiger partial charge in [-0.3, -0.25) is 9.36 Å². The summed E-state index contributed by atoms with van der Waals surface area (Å²) in [6.07, 6.45) is 4.07. The summed E-state index contributed by atoms with van der Waals surface area (Å²) in [4.78, 5) is 21.1. The molecule has 0 unspecified atom stereocenters. The van der Waals surface area contributed by atoms with Crippen molar-refractivity contribution >= 4 is 16.7 Å². The van der Waals surface area contributed by atoms with Crippen LogP contribution in [0.25, 0.3) is 22.2 Å². The molecule has 3 heterocycles. The largest absolute Gasteiger partial charge is 0.359 e. The van der Waals surface area contributed by atoms with Crippen LogP contribution in [0.1, 0.15) is 11.1 Å². The first-order valence-electron chi connectivity index (χ1n) is 9.14. The standard InChI is InChI=1S/C23H18N4O/c1-15-11-19-12-18(8-9-20(19)26-15)17-6-4-16(5-7-17)13-27-14-25-21-3-2-10-24-22(21)23(27)28/h2-10,12,14,26H,1,11,13H2. The topological polar surface area (TPSA) is 59.8 Å². The van der Waals surface area contributed by atoms with E-state index in [-0.39, 0.29) is 5.56 Å². The molecule has 0 saturated carbocycles. The number of anilines is 1. The summed E-state index contributed by atoms with van der Waals surface area (Å²) in [5, 5.41) is 3.29. The molecule has 1 aliphatic heterocycles. The van der Waals surface area contributed by atoms with Crippen molar-refractivity contribution in [3.8, 4) is 11.1 Å². The van der Waals surface area contributed by atoms with Gasteiger partial charge in [0.25, 0.3) is 5.56 Å². The number of allylic oxidation sites excluding steroid dienone is 1. The zero-order chi connectivity index (χ0) is 19.1. The van der Waals surface area contributed by atoms with Gasteiger partial charge in [-0.05, 0) is 46.5 Å². The number of nitrogens with one attached hydrogen (secondary N) is 1. The van der Waals surface area contributed by atoms with Crippen LogP contribution in [-0.4, -0.2) is 14.5 Å². The lowest BCUT2D eigenvalue weighted by Crippen LogP contribution is -2.21. The molecular formula is C23H18N4O. The molecule has 5 rings (SSSR count). The van der Waals surface area contributed by atoms with Crippen molar-refractivity contribution in [3.63, 3.8) is 0 Å². The fourth-order valence-corrected chi connectivity index (χ4v) is 3.60. The first-order chi connectivity index (χ1) is 13.7. The molecule has 0 amide bonds. The molecule has 5 heteroatoms. The van der Waals surface area contributed by atoms with Crippen molar-refractivity contribution in [1.29, 1.82) is 0 Å². The minimum Gasteiger partial charge on any atom is -0.359 e. The van der Waals surface area contributed by atoms with Crippen LogP contribution < -0.4 is 10.9 Å². The number of rotatable bonds is 3. The summed E-state index contributed by atoms with van der Waals surface area (Å²) >= 11 is 0. The van der Waals surface area contributed by atoms with Gasteiger partial charge >= 0.3 is 0 Å². The summed E-state index contributed by atoms with van der Waals surface area (Å²) in [5.41, 5.74) is 7.70. The lowest BCUT2D eigenvalue weighted by molar-refractivity contribution is 0.746. The average molecular weight is 366 g/mol. The van der Waals surface area contributed by atoms with Gasteiger partial charge < -0.3 is 5.32 Å². The number of aromatic nitrogens is 3. The summed E-state index contributed by atoms with van der Waals surface area (Å²) in [6, 6.07) is 18.3. The van der Waals surface area contributed by atoms with Gasteiger partial charge in [0.1, 0.15) is 0 Å². The molecule has 0 saturated heterocycles. The highest BCUT2D eigenvalue weighted by Crippen LogP contribution is 2.31. The molecule has 2 aromatic carbocycles. The van der Waals surface area contributed by atoms with E-state index in [2.05, 4.69) is 64.3 Å². The molecule has 0 spiro atoms. The van der Waals surface area contributed by atoms with E-state index in [1.807, 2.05) is 0 Å². The van der Waals surface area contributed by atoms with Crippen molar-refractivity contribution < 1.29 is 0 Å². The highest BCUT2D eigenvalue weighted by atomic mass is 16.1. The maximum atomic E-state index is 12.6. The Hall–Kier alpha value is -3.73. The van der Waals surface area contributed by atoms with Gasteiger partial charge in [-0.1, -0.05) is 36.9 Å². The Bertz CT molecular complexity index is 1270. The number of pyridine rings is 1. The first kappa shape index (κ1) is 16.4. The van der Waals surface area contributed by atoms with Crippen LogP contribution >= 0.6 is 0 Å². The molecule has 5 nitrogen and oxygen atoms in total. The van der Waals surface area contributed by atoms with E-state index in [4.69, 9.17) is 0 Å². The van der Waals surface area contributed by atoms with Crippen LogP contribution in [0.5, 0.6) is 0 Å². The molecule has 136 valence electrons. The summed E-state index contributed by atoms with van der Waals surface area (Å²) < 4.78 is 1.59. The van der Waals surface area contributed by atoms with E-state index < -0.39 is 0 Å². The van der Waals surface area contributed by atoms with Crippen molar-refractivity contribution in [3.05, 3.63) is 101 Å². The third-order valence-electron chi connectivity index (χ3n) is 5.05. The summed E-state index contributed by atoms with van der Waals surface area (Å²) in [7, 11) is 0. The highest BCUT2D eigenvalue weighted by Gasteiger charge is 2.13. The number of nitrogens with zero attached hydrogens (tertiary/aromatic N) is 3. The quantitative estimate of drug-likeness (QED) is 0.596. The smallest absolute Gasteiger partial charge is 0.280 e. The fraction of sp³-hybridized carbons (Fsp3) is 0.0870. The number of hydrogen-bond acceptors (Lipinski definition) is 4. The van der Waals surface area contributed by atoms with Crippen molar-refractivity contribution in [2.45, 2.75) is 13.0 Å². The van der Waals surface area contributed by atoms with Gasteiger partial charge in [0.05, 0.1) is 18.4 Å². The van der Waals surface area contributed by atoms with Gasteiger partial charge in [0.15, 0.2) is 5.52 Å². The number of benzene rings is 2. The minimum absolute atomic E-state index is 0.124. The molecule has 2 aromatic heterocycles. The molecule has 0 aliphatic carbocycles. The Morgan fingerprint density at radius 2 is 1.86 bits per heavy atom. The Morgan fingerprint density at radius 3 is 2.71 bits per heavy atom. The van der Waals surface area contributed by atoms with Crippen LogP contribution in [0, 0.1) is 0 Å². The zero-order valence-electron chi connectivity index (χ0n) is 15.2. The number of hydrogen-bond donors (Lipinski definition) is 1. The van der Waals surface area contributed by atoms with Gasteiger partial charge in [-0.15, -0.1) is 0 Å². The molecule has 0 bridgehead atoms. The zero-order valence-corrected chi connectivity index (χ0v) is 15.2. The van der Waals surface area contributed by atoms with E-state index in [1.165, 1.54) is 11.1 Å². The Kier molecular flexibility index (Phi) is 3.79. The van der Waals surface area contributed by atoms with Crippen molar-refractivity contribution in [1.82, 2.24) is 14.5 Å². The lowest BCUT2D eigenvalue weighted by Gasteiger charge is -2.08. The molecule has 1 aliphatic rings. The van der Waals surface area contributed by atoms with Crippen LogP contribution in [-0.2, 0) is 13.0 Å². The maximum absolute atomic E-state index is 12.6. The fourth-order valence-electron chi connectivity index (χ4n) is 3.60. The van der Waals surface area contributed by atoms with Gasteiger partial charge in [-0.25, -0.2) is 9.97 Å². The Morgan fingerprint density at radius 1 is 1.04 bits per heavy atom.